The minimum atomic E-state index is -0.995. The van der Waals surface area contributed by atoms with Crippen LogP contribution in [-0.2, 0) is 15.1 Å². The van der Waals surface area contributed by atoms with Crippen LogP contribution in [0.2, 0.25) is 0 Å². The van der Waals surface area contributed by atoms with Crippen LogP contribution in [0.3, 0.4) is 0 Å². The summed E-state index contributed by atoms with van der Waals surface area (Å²) in [5.74, 6) is -0.158. The van der Waals surface area contributed by atoms with Crippen molar-refractivity contribution in [1.29, 1.82) is 0 Å². The van der Waals surface area contributed by atoms with E-state index >= 15 is 0 Å². The van der Waals surface area contributed by atoms with Gasteiger partial charge in [-0.25, -0.2) is 0 Å². The molecule has 0 saturated carbocycles. The summed E-state index contributed by atoms with van der Waals surface area (Å²) < 4.78 is 5.35. The third-order valence-corrected chi connectivity index (χ3v) is 2.94. The molecular weight excluding hydrogens is 240 g/mol. The van der Waals surface area contributed by atoms with Gasteiger partial charge in [0.1, 0.15) is 5.54 Å². The Morgan fingerprint density at radius 2 is 2.00 bits per heavy atom. The fraction of sp³-hybridized carbons (Fsp3) is 0.533. The number of carbonyl (C=O) groups excluding carboxylic acids is 1. The van der Waals surface area contributed by atoms with Gasteiger partial charge in [-0.15, -0.1) is 0 Å². The highest BCUT2D eigenvalue weighted by Gasteiger charge is 2.29. The van der Waals surface area contributed by atoms with Gasteiger partial charge in [-0.3, -0.25) is 4.79 Å². The van der Waals surface area contributed by atoms with E-state index in [4.69, 9.17) is 10.5 Å². The first-order valence-electron chi connectivity index (χ1n) is 6.79. The van der Waals surface area contributed by atoms with Gasteiger partial charge in [-0.05, 0) is 25.3 Å². The van der Waals surface area contributed by atoms with Crippen molar-refractivity contribution in [2.24, 2.45) is 5.73 Å². The number of rotatable bonds is 8. The molecule has 4 heteroatoms. The number of amides is 1. The third-order valence-electron chi connectivity index (χ3n) is 2.94. The van der Waals surface area contributed by atoms with Crippen molar-refractivity contribution in [1.82, 2.24) is 5.32 Å². The normalized spacial score (nSPS) is 13.8. The third kappa shape index (κ3) is 5.01. The van der Waals surface area contributed by atoms with Gasteiger partial charge < -0.3 is 15.8 Å². The zero-order valence-corrected chi connectivity index (χ0v) is 11.8. The van der Waals surface area contributed by atoms with E-state index < -0.39 is 5.54 Å². The Bertz CT molecular complexity index is 377. The summed E-state index contributed by atoms with van der Waals surface area (Å²) in [5, 5.41) is 2.85. The van der Waals surface area contributed by atoms with Crippen molar-refractivity contribution >= 4 is 5.91 Å². The Morgan fingerprint density at radius 3 is 2.63 bits per heavy atom. The summed E-state index contributed by atoms with van der Waals surface area (Å²) in [6.07, 6.45) is 1.82. The fourth-order valence-electron chi connectivity index (χ4n) is 1.72. The van der Waals surface area contributed by atoms with Crippen molar-refractivity contribution in [2.45, 2.75) is 32.2 Å². The average molecular weight is 264 g/mol. The molecule has 0 spiro atoms. The molecule has 0 radical (unpaired) electrons. The number of hydrogen-bond donors (Lipinski definition) is 2. The second kappa shape index (κ2) is 7.92. The minimum Gasteiger partial charge on any atom is -0.381 e. The van der Waals surface area contributed by atoms with Gasteiger partial charge in [0.25, 0.3) is 0 Å². The lowest BCUT2D eigenvalue weighted by Gasteiger charge is -2.24. The van der Waals surface area contributed by atoms with E-state index in [2.05, 4.69) is 12.2 Å². The topological polar surface area (TPSA) is 64.3 Å². The lowest BCUT2D eigenvalue weighted by Crippen LogP contribution is -2.49. The fourth-order valence-corrected chi connectivity index (χ4v) is 1.72. The van der Waals surface area contributed by atoms with Crippen LogP contribution >= 0.6 is 0 Å². The van der Waals surface area contributed by atoms with Crippen LogP contribution in [-0.4, -0.2) is 25.7 Å². The highest BCUT2D eigenvalue weighted by atomic mass is 16.5. The highest BCUT2D eigenvalue weighted by Crippen LogP contribution is 2.17. The van der Waals surface area contributed by atoms with Crippen LogP contribution in [0, 0.1) is 0 Å². The van der Waals surface area contributed by atoms with Crippen molar-refractivity contribution in [2.75, 3.05) is 19.8 Å². The Balaban J connectivity index is 2.36. The Hall–Kier alpha value is -1.39. The first-order valence-corrected chi connectivity index (χ1v) is 6.79. The maximum atomic E-state index is 12.1. The molecule has 0 aliphatic rings. The van der Waals surface area contributed by atoms with E-state index in [1.165, 1.54) is 0 Å². The summed E-state index contributed by atoms with van der Waals surface area (Å²) in [6.45, 7) is 5.82. The van der Waals surface area contributed by atoms with Gasteiger partial charge in [0.15, 0.2) is 0 Å². The molecule has 3 N–H and O–H groups in total. The van der Waals surface area contributed by atoms with Gasteiger partial charge in [0.05, 0.1) is 0 Å². The molecular formula is C15H24N2O2. The lowest BCUT2D eigenvalue weighted by molar-refractivity contribution is -0.126. The van der Waals surface area contributed by atoms with Crippen LogP contribution in [0.5, 0.6) is 0 Å². The highest BCUT2D eigenvalue weighted by molar-refractivity contribution is 5.86. The summed E-state index contributed by atoms with van der Waals surface area (Å²) >= 11 is 0. The predicted molar refractivity (Wildman–Crippen MR) is 76.7 cm³/mol. The zero-order chi connectivity index (χ0) is 14.1. The van der Waals surface area contributed by atoms with E-state index in [0.29, 0.717) is 13.2 Å². The molecule has 0 saturated heterocycles. The molecule has 1 amide bonds. The van der Waals surface area contributed by atoms with E-state index in [9.17, 15) is 4.79 Å². The molecule has 1 atom stereocenters. The molecule has 0 aliphatic carbocycles. The molecule has 1 unspecified atom stereocenters. The van der Waals surface area contributed by atoms with Crippen LogP contribution in [0.4, 0.5) is 0 Å². The average Bonchev–Trinajstić information content (AvgIpc) is 2.43. The van der Waals surface area contributed by atoms with Crippen molar-refractivity contribution in [3.05, 3.63) is 35.9 Å². The first kappa shape index (κ1) is 15.7. The quantitative estimate of drug-likeness (QED) is 0.704. The van der Waals surface area contributed by atoms with Crippen LogP contribution in [0.25, 0.3) is 0 Å². The van der Waals surface area contributed by atoms with Crippen LogP contribution in [0.15, 0.2) is 30.3 Å². The molecule has 4 nitrogen and oxygen atoms in total. The van der Waals surface area contributed by atoms with E-state index in [1.54, 1.807) is 6.92 Å². The SMILES string of the molecule is CCCOCCCNC(=O)C(C)(N)c1ccccc1. The number of benzene rings is 1. The van der Waals surface area contributed by atoms with Crippen LogP contribution < -0.4 is 11.1 Å². The molecule has 1 aromatic rings. The molecule has 1 rings (SSSR count). The summed E-state index contributed by atoms with van der Waals surface area (Å²) in [4.78, 5) is 12.1. The number of nitrogens with one attached hydrogen (secondary N) is 1. The van der Waals surface area contributed by atoms with Gasteiger partial charge in [0.2, 0.25) is 5.91 Å². The van der Waals surface area contributed by atoms with Gasteiger partial charge >= 0.3 is 0 Å². The predicted octanol–water partition coefficient (Wildman–Crippen LogP) is 1.79. The number of ether oxygens (including phenoxy) is 1. The van der Waals surface area contributed by atoms with Crippen molar-refractivity contribution in [3.8, 4) is 0 Å². The second-order valence-electron chi connectivity index (χ2n) is 4.79. The molecule has 0 fully saturated rings. The molecule has 19 heavy (non-hydrogen) atoms. The van der Waals surface area contributed by atoms with Crippen LogP contribution in [0.1, 0.15) is 32.3 Å². The molecule has 0 bridgehead atoms. The minimum absolute atomic E-state index is 0.158. The van der Waals surface area contributed by atoms with Gasteiger partial charge in [-0.1, -0.05) is 37.3 Å². The van der Waals surface area contributed by atoms with E-state index in [1.807, 2.05) is 30.3 Å². The number of carbonyl (C=O) groups is 1. The van der Waals surface area contributed by atoms with E-state index in [0.717, 1.165) is 25.0 Å². The summed E-state index contributed by atoms with van der Waals surface area (Å²) in [6, 6.07) is 9.40. The maximum absolute atomic E-state index is 12.1. The number of nitrogens with two attached hydrogens (primary N) is 1. The van der Waals surface area contributed by atoms with E-state index in [-0.39, 0.29) is 5.91 Å². The monoisotopic (exact) mass is 264 g/mol. The molecule has 0 aliphatic heterocycles. The molecule has 0 aromatic heterocycles. The Morgan fingerprint density at radius 1 is 1.32 bits per heavy atom. The molecule has 0 heterocycles. The molecule has 106 valence electrons. The maximum Gasteiger partial charge on any atom is 0.244 e. The smallest absolute Gasteiger partial charge is 0.244 e. The van der Waals surface area contributed by atoms with Gasteiger partial charge in [-0.2, -0.15) is 0 Å². The first-order chi connectivity index (χ1) is 9.09. The number of hydrogen-bond acceptors (Lipinski definition) is 3. The lowest BCUT2D eigenvalue weighted by atomic mass is 9.92. The Kier molecular flexibility index (Phi) is 6.53. The largest absolute Gasteiger partial charge is 0.381 e. The second-order valence-corrected chi connectivity index (χ2v) is 4.79. The van der Waals surface area contributed by atoms with Crippen molar-refractivity contribution in [3.63, 3.8) is 0 Å². The van der Waals surface area contributed by atoms with Gasteiger partial charge in [0, 0.05) is 19.8 Å². The Labute approximate surface area is 115 Å². The zero-order valence-electron chi connectivity index (χ0n) is 11.8. The molecule has 1 aromatic carbocycles. The summed E-state index contributed by atoms with van der Waals surface area (Å²) in [5.41, 5.74) is 5.92. The van der Waals surface area contributed by atoms with Crippen molar-refractivity contribution < 1.29 is 9.53 Å². The standard InChI is InChI=1S/C15H24N2O2/c1-3-11-19-12-7-10-17-14(18)15(2,16)13-8-5-4-6-9-13/h4-6,8-9H,3,7,10-12,16H2,1-2H3,(H,17,18). The summed E-state index contributed by atoms with van der Waals surface area (Å²) in [7, 11) is 0.